The van der Waals surface area contributed by atoms with Crippen LogP contribution in [0.3, 0.4) is 0 Å². The fourth-order valence-corrected chi connectivity index (χ4v) is 2.76. The molecular formula is C19H21NO3. The fourth-order valence-electron chi connectivity index (χ4n) is 2.76. The van der Waals surface area contributed by atoms with Crippen molar-refractivity contribution < 1.29 is 14.7 Å². The summed E-state index contributed by atoms with van der Waals surface area (Å²) >= 11 is 0. The van der Waals surface area contributed by atoms with Gasteiger partial charge in [-0.15, -0.1) is 0 Å². The number of carbonyl (C=O) groups excluding carboxylic acids is 1. The Labute approximate surface area is 136 Å². The van der Waals surface area contributed by atoms with E-state index in [-0.39, 0.29) is 11.8 Å². The number of aliphatic carboxylic acids is 1. The second-order valence-electron chi connectivity index (χ2n) is 6.17. The number of rotatable bonds is 5. The Morgan fingerprint density at radius 3 is 1.96 bits per heavy atom. The molecule has 2 N–H and O–H groups in total. The molecule has 4 nitrogen and oxygen atoms in total. The van der Waals surface area contributed by atoms with Crippen molar-refractivity contribution >= 4 is 17.6 Å². The van der Waals surface area contributed by atoms with Crippen LogP contribution in [0.1, 0.15) is 37.8 Å². The normalized spacial score (nSPS) is 12.5. The fraction of sp³-hybridized carbons (Fsp3) is 0.263. The Kier molecular flexibility index (Phi) is 4.84. The number of benzene rings is 2. The van der Waals surface area contributed by atoms with E-state index in [9.17, 15) is 14.7 Å². The van der Waals surface area contributed by atoms with Crippen LogP contribution in [0.15, 0.2) is 54.6 Å². The maximum absolute atomic E-state index is 11.8. The second kappa shape index (κ2) is 6.65. The van der Waals surface area contributed by atoms with E-state index in [1.165, 1.54) is 6.92 Å². The molecule has 1 atom stereocenters. The quantitative estimate of drug-likeness (QED) is 0.880. The lowest BCUT2D eigenvalue weighted by Crippen LogP contribution is -2.32. The summed E-state index contributed by atoms with van der Waals surface area (Å²) in [5, 5.41) is 12.4. The van der Waals surface area contributed by atoms with Gasteiger partial charge in [-0.25, -0.2) is 0 Å². The molecule has 0 aliphatic heterocycles. The Hall–Kier alpha value is -2.62. The Balaban J connectivity index is 2.46. The zero-order valence-corrected chi connectivity index (χ0v) is 13.5. The first kappa shape index (κ1) is 16.7. The summed E-state index contributed by atoms with van der Waals surface area (Å²) in [4.78, 5) is 22.9. The topological polar surface area (TPSA) is 66.4 Å². The minimum Gasteiger partial charge on any atom is -0.481 e. The molecule has 0 fully saturated rings. The van der Waals surface area contributed by atoms with Gasteiger partial charge in [-0.05, 0) is 37.1 Å². The van der Waals surface area contributed by atoms with Crippen molar-refractivity contribution in [3.05, 3.63) is 65.7 Å². The van der Waals surface area contributed by atoms with Crippen LogP contribution in [0.5, 0.6) is 0 Å². The van der Waals surface area contributed by atoms with Gasteiger partial charge in [-0.1, -0.05) is 42.5 Å². The van der Waals surface area contributed by atoms with Gasteiger partial charge in [-0.2, -0.15) is 0 Å². The largest absolute Gasteiger partial charge is 0.481 e. The molecule has 0 aliphatic carbocycles. The number of hydrogen-bond acceptors (Lipinski definition) is 2. The van der Waals surface area contributed by atoms with Crippen LogP contribution >= 0.6 is 0 Å². The minimum atomic E-state index is -0.961. The van der Waals surface area contributed by atoms with Crippen molar-refractivity contribution in [1.29, 1.82) is 0 Å². The summed E-state index contributed by atoms with van der Waals surface area (Å²) in [5.74, 6) is -1.27. The van der Waals surface area contributed by atoms with Gasteiger partial charge in [0.1, 0.15) is 0 Å². The molecule has 0 saturated carbocycles. The van der Waals surface area contributed by atoms with E-state index in [0.717, 1.165) is 11.1 Å². The molecule has 0 spiro atoms. The highest BCUT2D eigenvalue weighted by molar-refractivity contribution is 5.88. The van der Waals surface area contributed by atoms with E-state index in [2.05, 4.69) is 5.32 Å². The SMILES string of the molecule is CC(=O)Nc1ccc(C(c2ccccc2)C(C)(C)C(=O)O)cc1. The molecule has 0 bridgehead atoms. The lowest BCUT2D eigenvalue weighted by molar-refractivity contribution is -0.147. The summed E-state index contributed by atoms with van der Waals surface area (Å²) in [5.41, 5.74) is 1.59. The molecule has 0 radical (unpaired) electrons. The number of carbonyl (C=O) groups is 2. The zero-order chi connectivity index (χ0) is 17.0. The van der Waals surface area contributed by atoms with Crippen molar-refractivity contribution in [3.63, 3.8) is 0 Å². The Bertz CT molecular complexity index is 690. The highest BCUT2D eigenvalue weighted by Crippen LogP contribution is 2.41. The van der Waals surface area contributed by atoms with Gasteiger partial charge in [-0.3, -0.25) is 9.59 Å². The number of nitrogens with one attached hydrogen (secondary N) is 1. The van der Waals surface area contributed by atoms with Crippen LogP contribution in [0.2, 0.25) is 0 Å². The van der Waals surface area contributed by atoms with Crippen molar-refractivity contribution in [2.24, 2.45) is 5.41 Å². The number of carboxylic acids is 1. The summed E-state index contributed by atoms with van der Waals surface area (Å²) in [6.07, 6.45) is 0. The van der Waals surface area contributed by atoms with E-state index in [1.54, 1.807) is 26.0 Å². The van der Waals surface area contributed by atoms with Gasteiger partial charge in [0.2, 0.25) is 5.91 Å². The van der Waals surface area contributed by atoms with E-state index in [0.29, 0.717) is 5.69 Å². The van der Waals surface area contributed by atoms with Crippen LogP contribution in [0.25, 0.3) is 0 Å². The molecular weight excluding hydrogens is 290 g/mol. The van der Waals surface area contributed by atoms with Gasteiger partial charge >= 0.3 is 5.97 Å². The lowest BCUT2D eigenvalue weighted by atomic mass is 9.71. The highest BCUT2D eigenvalue weighted by atomic mass is 16.4. The first-order valence-electron chi connectivity index (χ1n) is 7.48. The molecule has 1 unspecified atom stereocenters. The van der Waals surface area contributed by atoms with Crippen LogP contribution in [0, 0.1) is 5.41 Å². The van der Waals surface area contributed by atoms with Crippen molar-refractivity contribution in [2.75, 3.05) is 5.32 Å². The summed E-state index contributed by atoms with van der Waals surface area (Å²) in [7, 11) is 0. The zero-order valence-electron chi connectivity index (χ0n) is 13.5. The molecule has 23 heavy (non-hydrogen) atoms. The van der Waals surface area contributed by atoms with Crippen LogP contribution in [-0.2, 0) is 9.59 Å². The van der Waals surface area contributed by atoms with Crippen LogP contribution in [-0.4, -0.2) is 17.0 Å². The average Bonchev–Trinajstić information content (AvgIpc) is 2.49. The first-order chi connectivity index (χ1) is 10.8. The van der Waals surface area contributed by atoms with Gasteiger partial charge < -0.3 is 10.4 Å². The van der Waals surface area contributed by atoms with E-state index >= 15 is 0 Å². The molecule has 0 aromatic heterocycles. The smallest absolute Gasteiger partial charge is 0.310 e. The van der Waals surface area contributed by atoms with Gasteiger partial charge in [0, 0.05) is 18.5 Å². The summed E-state index contributed by atoms with van der Waals surface area (Å²) < 4.78 is 0. The van der Waals surface area contributed by atoms with Gasteiger partial charge in [0.15, 0.2) is 0 Å². The van der Waals surface area contributed by atoms with Gasteiger partial charge in [0.25, 0.3) is 0 Å². The van der Waals surface area contributed by atoms with Gasteiger partial charge in [0.05, 0.1) is 5.41 Å². The van der Waals surface area contributed by atoms with E-state index < -0.39 is 11.4 Å². The predicted molar refractivity (Wildman–Crippen MR) is 90.4 cm³/mol. The van der Waals surface area contributed by atoms with Crippen LogP contribution < -0.4 is 5.32 Å². The monoisotopic (exact) mass is 311 g/mol. The first-order valence-corrected chi connectivity index (χ1v) is 7.48. The molecule has 0 heterocycles. The standard InChI is InChI=1S/C19H21NO3/c1-13(21)20-16-11-9-15(10-12-16)17(19(2,3)18(22)23)14-7-5-4-6-8-14/h4-12,17H,1-3H3,(H,20,21)(H,22,23). The number of hydrogen-bond donors (Lipinski definition) is 2. The molecule has 2 rings (SSSR count). The maximum Gasteiger partial charge on any atom is 0.310 e. The van der Waals surface area contributed by atoms with E-state index in [1.807, 2.05) is 42.5 Å². The molecule has 0 saturated heterocycles. The molecule has 2 aromatic carbocycles. The number of amides is 1. The molecule has 2 aromatic rings. The summed E-state index contributed by atoms with van der Waals surface area (Å²) in [6.45, 7) is 4.91. The molecule has 1 amide bonds. The number of carboxylic acid groups (broad SMARTS) is 1. The third-order valence-corrected chi connectivity index (χ3v) is 3.97. The molecule has 0 aliphatic rings. The second-order valence-corrected chi connectivity index (χ2v) is 6.17. The number of anilines is 1. The molecule has 120 valence electrons. The summed E-state index contributed by atoms with van der Waals surface area (Å²) in [6, 6.07) is 16.9. The van der Waals surface area contributed by atoms with Crippen molar-refractivity contribution in [2.45, 2.75) is 26.7 Å². The molecule has 4 heteroatoms. The van der Waals surface area contributed by atoms with E-state index in [4.69, 9.17) is 0 Å². The maximum atomic E-state index is 11.8. The van der Waals surface area contributed by atoms with Crippen molar-refractivity contribution in [3.8, 4) is 0 Å². The van der Waals surface area contributed by atoms with Crippen LogP contribution in [0.4, 0.5) is 5.69 Å². The third kappa shape index (κ3) is 3.77. The Morgan fingerprint density at radius 1 is 0.957 bits per heavy atom. The van der Waals surface area contributed by atoms with Crippen molar-refractivity contribution in [1.82, 2.24) is 0 Å². The Morgan fingerprint density at radius 2 is 1.48 bits per heavy atom. The third-order valence-electron chi connectivity index (χ3n) is 3.97. The lowest BCUT2D eigenvalue weighted by Gasteiger charge is -2.31. The minimum absolute atomic E-state index is 0.136. The average molecular weight is 311 g/mol. The predicted octanol–water partition coefficient (Wildman–Crippen LogP) is 3.89. The highest BCUT2D eigenvalue weighted by Gasteiger charge is 2.38.